The van der Waals surface area contributed by atoms with Gasteiger partial charge in [0, 0.05) is 15.8 Å². The lowest BCUT2D eigenvalue weighted by Gasteiger charge is -2.23. The number of aryl methyl sites for hydroxylation is 2. The topological polar surface area (TPSA) is 12.0 Å². The maximum Gasteiger partial charge on any atom is 0.0415 e. The second kappa shape index (κ2) is 6.01. The van der Waals surface area contributed by atoms with E-state index >= 15 is 0 Å². The van der Waals surface area contributed by atoms with Crippen molar-refractivity contribution in [3.8, 4) is 0 Å². The van der Waals surface area contributed by atoms with E-state index in [1.54, 1.807) is 0 Å². The van der Waals surface area contributed by atoms with Crippen molar-refractivity contribution < 1.29 is 0 Å². The smallest absolute Gasteiger partial charge is 0.0415 e. The fraction of sp³-hybridized carbons (Fsp3) is 0.733. The van der Waals surface area contributed by atoms with Gasteiger partial charge in [0.1, 0.15) is 0 Å². The Morgan fingerprint density at radius 1 is 1.29 bits per heavy atom. The molecule has 0 amide bonds. The molecule has 0 radical (unpaired) electrons. The first-order valence-electron chi connectivity index (χ1n) is 6.64. The summed E-state index contributed by atoms with van der Waals surface area (Å²) in [5.41, 5.74) is 1.86. The lowest BCUT2D eigenvalue weighted by atomic mass is 9.88. The van der Waals surface area contributed by atoms with Gasteiger partial charge < -0.3 is 5.32 Å². The molecule has 0 spiro atoms. The first-order valence-corrected chi connectivity index (χ1v) is 7.45. The number of thiophene rings is 1. The molecule has 1 rings (SSSR count). The van der Waals surface area contributed by atoms with Gasteiger partial charge >= 0.3 is 0 Å². The van der Waals surface area contributed by atoms with Crippen LogP contribution in [0.3, 0.4) is 0 Å². The summed E-state index contributed by atoms with van der Waals surface area (Å²) in [6, 6.07) is 2.90. The van der Waals surface area contributed by atoms with Gasteiger partial charge in [-0.3, -0.25) is 0 Å². The van der Waals surface area contributed by atoms with Gasteiger partial charge in [-0.1, -0.05) is 27.7 Å². The van der Waals surface area contributed by atoms with Gasteiger partial charge in [-0.25, -0.2) is 0 Å². The average Bonchev–Trinajstić information content (AvgIpc) is 2.52. The first-order chi connectivity index (χ1) is 7.83. The largest absolute Gasteiger partial charge is 0.310 e. The van der Waals surface area contributed by atoms with Crippen molar-refractivity contribution in [2.75, 3.05) is 6.54 Å². The molecule has 1 atom stereocenters. The number of nitrogens with one attached hydrogen (secondary N) is 1. The monoisotopic (exact) mass is 253 g/mol. The van der Waals surface area contributed by atoms with Crippen molar-refractivity contribution in [3.05, 3.63) is 21.4 Å². The third-order valence-corrected chi connectivity index (χ3v) is 4.43. The van der Waals surface area contributed by atoms with Crippen molar-refractivity contribution in [3.63, 3.8) is 0 Å². The van der Waals surface area contributed by atoms with E-state index in [0.717, 1.165) is 6.54 Å². The fourth-order valence-electron chi connectivity index (χ4n) is 1.94. The zero-order valence-corrected chi connectivity index (χ0v) is 13.0. The lowest BCUT2D eigenvalue weighted by Crippen LogP contribution is -2.21. The second-order valence-corrected chi connectivity index (χ2v) is 7.39. The highest BCUT2D eigenvalue weighted by molar-refractivity contribution is 7.12. The first kappa shape index (κ1) is 14.7. The molecule has 0 saturated carbocycles. The van der Waals surface area contributed by atoms with E-state index in [1.807, 2.05) is 11.3 Å². The van der Waals surface area contributed by atoms with Crippen LogP contribution in [0.5, 0.6) is 0 Å². The van der Waals surface area contributed by atoms with Crippen molar-refractivity contribution in [2.45, 2.75) is 60.4 Å². The molecule has 1 nitrogen and oxygen atoms in total. The van der Waals surface area contributed by atoms with E-state index in [1.165, 1.54) is 28.2 Å². The molecule has 2 heteroatoms. The Balaban J connectivity index is 2.71. The zero-order valence-electron chi connectivity index (χ0n) is 12.2. The van der Waals surface area contributed by atoms with Crippen LogP contribution in [0.4, 0.5) is 0 Å². The standard InChI is InChI=1S/C15H27NS/c1-7-16-13(8-9-15(4,5)6)14-10-11(2)12(3)17-14/h10,13,16H,7-9H2,1-6H3. The van der Waals surface area contributed by atoms with E-state index in [9.17, 15) is 0 Å². The van der Waals surface area contributed by atoms with Crippen LogP contribution in [0.2, 0.25) is 0 Å². The molecule has 17 heavy (non-hydrogen) atoms. The Morgan fingerprint density at radius 3 is 2.35 bits per heavy atom. The van der Waals surface area contributed by atoms with Crippen LogP contribution in [0.1, 0.15) is 61.9 Å². The molecule has 98 valence electrons. The van der Waals surface area contributed by atoms with Crippen LogP contribution in [-0.4, -0.2) is 6.54 Å². The summed E-state index contributed by atoms with van der Waals surface area (Å²) < 4.78 is 0. The van der Waals surface area contributed by atoms with Crippen molar-refractivity contribution in [1.29, 1.82) is 0 Å². The van der Waals surface area contributed by atoms with E-state index in [4.69, 9.17) is 0 Å². The maximum absolute atomic E-state index is 3.62. The average molecular weight is 253 g/mol. The molecule has 0 aromatic carbocycles. The van der Waals surface area contributed by atoms with Crippen LogP contribution in [0.15, 0.2) is 6.07 Å². The molecule has 1 N–H and O–H groups in total. The zero-order chi connectivity index (χ0) is 13.1. The molecule has 0 bridgehead atoms. The normalized spacial score (nSPS) is 14.0. The van der Waals surface area contributed by atoms with Crippen molar-refractivity contribution >= 4 is 11.3 Å². The van der Waals surface area contributed by atoms with Crippen molar-refractivity contribution in [1.82, 2.24) is 5.32 Å². The van der Waals surface area contributed by atoms with E-state index in [-0.39, 0.29) is 0 Å². The molecule has 1 aromatic heterocycles. The van der Waals surface area contributed by atoms with Gasteiger partial charge in [-0.2, -0.15) is 0 Å². The maximum atomic E-state index is 3.62. The molecule has 1 heterocycles. The Bertz CT molecular complexity index is 327. The Kier molecular flexibility index (Phi) is 5.21. The second-order valence-electron chi connectivity index (χ2n) is 6.10. The third kappa shape index (κ3) is 4.81. The predicted octanol–water partition coefficient (Wildman–Crippen LogP) is 4.84. The summed E-state index contributed by atoms with van der Waals surface area (Å²) in [5, 5.41) is 3.62. The van der Waals surface area contributed by atoms with Crippen LogP contribution in [0, 0.1) is 19.3 Å². The summed E-state index contributed by atoms with van der Waals surface area (Å²) >= 11 is 1.95. The SMILES string of the molecule is CCNC(CCC(C)(C)C)c1cc(C)c(C)s1. The highest BCUT2D eigenvalue weighted by Gasteiger charge is 2.18. The molecule has 0 aliphatic rings. The van der Waals surface area contributed by atoms with Crippen LogP contribution in [-0.2, 0) is 0 Å². The third-order valence-electron chi connectivity index (χ3n) is 3.16. The predicted molar refractivity (Wildman–Crippen MR) is 78.9 cm³/mol. The van der Waals surface area contributed by atoms with Gasteiger partial charge in [0.25, 0.3) is 0 Å². The van der Waals surface area contributed by atoms with Crippen LogP contribution in [0.25, 0.3) is 0 Å². The van der Waals surface area contributed by atoms with E-state index in [2.05, 4.69) is 52.9 Å². The molecule has 0 aliphatic carbocycles. The Labute approximate surface area is 111 Å². The molecule has 0 saturated heterocycles. The molecule has 1 aromatic rings. The summed E-state index contributed by atoms with van der Waals surface area (Å²) in [4.78, 5) is 2.96. The number of hydrogen-bond acceptors (Lipinski definition) is 2. The highest BCUT2D eigenvalue weighted by atomic mass is 32.1. The quantitative estimate of drug-likeness (QED) is 0.791. The van der Waals surface area contributed by atoms with Crippen LogP contribution >= 0.6 is 11.3 Å². The van der Waals surface area contributed by atoms with Gasteiger partial charge in [0.2, 0.25) is 0 Å². The molecule has 0 fully saturated rings. The van der Waals surface area contributed by atoms with E-state index in [0.29, 0.717) is 11.5 Å². The minimum atomic E-state index is 0.426. The number of rotatable bonds is 5. The lowest BCUT2D eigenvalue weighted by molar-refractivity contribution is 0.335. The Hall–Kier alpha value is -0.340. The van der Waals surface area contributed by atoms with E-state index < -0.39 is 0 Å². The van der Waals surface area contributed by atoms with Gasteiger partial charge in [0.15, 0.2) is 0 Å². The van der Waals surface area contributed by atoms with Gasteiger partial charge in [0.05, 0.1) is 0 Å². The highest BCUT2D eigenvalue weighted by Crippen LogP contribution is 2.32. The summed E-state index contributed by atoms with van der Waals surface area (Å²) in [7, 11) is 0. The summed E-state index contributed by atoms with van der Waals surface area (Å²) in [5.74, 6) is 0. The fourth-order valence-corrected chi connectivity index (χ4v) is 3.09. The minimum absolute atomic E-state index is 0.426. The van der Waals surface area contributed by atoms with Gasteiger partial charge in [-0.05, 0) is 50.3 Å². The summed E-state index contributed by atoms with van der Waals surface area (Å²) in [6.45, 7) is 14.6. The molecule has 0 aliphatic heterocycles. The Morgan fingerprint density at radius 2 is 1.94 bits per heavy atom. The molecule has 1 unspecified atom stereocenters. The molecular formula is C15H27NS. The van der Waals surface area contributed by atoms with Crippen molar-refractivity contribution in [2.24, 2.45) is 5.41 Å². The number of hydrogen-bond donors (Lipinski definition) is 1. The van der Waals surface area contributed by atoms with Crippen LogP contribution < -0.4 is 5.32 Å². The summed E-state index contributed by atoms with van der Waals surface area (Å²) in [6.07, 6.45) is 2.50. The van der Waals surface area contributed by atoms with Gasteiger partial charge in [-0.15, -0.1) is 11.3 Å². The molecular weight excluding hydrogens is 226 g/mol. The minimum Gasteiger partial charge on any atom is -0.310 e.